The van der Waals surface area contributed by atoms with Crippen LogP contribution in [0.3, 0.4) is 0 Å². The average molecular weight is 356 g/mol. The van der Waals surface area contributed by atoms with E-state index in [1.807, 2.05) is 0 Å². The molecular formula is C11H9BrF3NO2S. The van der Waals surface area contributed by atoms with Crippen molar-refractivity contribution in [1.82, 2.24) is 0 Å². The lowest BCUT2D eigenvalue weighted by Gasteiger charge is -2.17. The first-order valence-electron chi connectivity index (χ1n) is 5.22. The second-order valence-electron chi connectivity index (χ2n) is 4.10. The molecule has 1 aromatic carbocycles. The third-order valence-corrected chi connectivity index (χ3v) is 4.45. The number of anilines is 1. The van der Waals surface area contributed by atoms with Crippen LogP contribution >= 0.6 is 15.9 Å². The van der Waals surface area contributed by atoms with Crippen molar-refractivity contribution in [2.75, 3.05) is 11.1 Å². The minimum Gasteiger partial charge on any atom is -0.377 e. The molecule has 0 bridgehead atoms. The Bertz CT molecular complexity index is 625. The normalized spacial score (nSPS) is 21.6. The number of sulfone groups is 1. The number of benzene rings is 1. The van der Waals surface area contributed by atoms with Gasteiger partial charge >= 0.3 is 6.18 Å². The maximum absolute atomic E-state index is 12.9. The molecule has 0 saturated heterocycles. The Balaban J connectivity index is 2.29. The molecular weight excluding hydrogens is 347 g/mol. The van der Waals surface area contributed by atoms with Crippen molar-refractivity contribution in [3.63, 3.8) is 0 Å². The monoisotopic (exact) mass is 355 g/mol. The second kappa shape index (κ2) is 4.82. The molecule has 1 aliphatic rings. The lowest BCUT2D eigenvalue weighted by Crippen LogP contribution is -2.23. The minimum absolute atomic E-state index is 0.137. The van der Waals surface area contributed by atoms with E-state index in [9.17, 15) is 21.6 Å². The standard InChI is InChI=1S/C11H9BrF3NO2S/c12-7-1-2-10(9(5-7)11(13,14)15)16-8-3-4-19(17,18)6-8/h1-5,8,16H,6H2. The van der Waals surface area contributed by atoms with E-state index in [1.54, 1.807) is 0 Å². The maximum Gasteiger partial charge on any atom is 0.418 e. The first-order chi connectivity index (χ1) is 8.67. The summed E-state index contributed by atoms with van der Waals surface area (Å²) in [5, 5.41) is 3.60. The van der Waals surface area contributed by atoms with Crippen LogP contribution in [0.25, 0.3) is 0 Å². The van der Waals surface area contributed by atoms with Crippen LogP contribution in [0.5, 0.6) is 0 Å². The van der Waals surface area contributed by atoms with Gasteiger partial charge in [-0.3, -0.25) is 0 Å². The van der Waals surface area contributed by atoms with Crippen molar-refractivity contribution in [1.29, 1.82) is 0 Å². The van der Waals surface area contributed by atoms with E-state index in [4.69, 9.17) is 0 Å². The number of alkyl halides is 3. The molecule has 19 heavy (non-hydrogen) atoms. The fraction of sp³-hybridized carbons (Fsp3) is 0.273. The summed E-state index contributed by atoms with van der Waals surface area (Å²) in [5.41, 5.74) is -0.970. The highest BCUT2D eigenvalue weighted by Crippen LogP contribution is 2.37. The van der Waals surface area contributed by atoms with Crippen LogP contribution in [0.4, 0.5) is 18.9 Å². The molecule has 0 amide bonds. The Hall–Kier alpha value is -1.02. The van der Waals surface area contributed by atoms with Crippen molar-refractivity contribution in [3.05, 3.63) is 39.7 Å². The number of rotatable bonds is 2. The Labute approximate surface area is 116 Å². The zero-order chi connectivity index (χ0) is 14.3. The molecule has 0 fully saturated rings. The molecule has 104 valence electrons. The van der Waals surface area contributed by atoms with Gasteiger partial charge < -0.3 is 5.32 Å². The van der Waals surface area contributed by atoms with E-state index in [0.29, 0.717) is 4.47 Å². The number of hydrogen-bond acceptors (Lipinski definition) is 3. The molecule has 1 aromatic rings. The lowest BCUT2D eigenvalue weighted by molar-refractivity contribution is -0.137. The fourth-order valence-electron chi connectivity index (χ4n) is 1.74. The average Bonchev–Trinajstić information content (AvgIpc) is 2.59. The smallest absolute Gasteiger partial charge is 0.377 e. The van der Waals surface area contributed by atoms with Gasteiger partial charge in [0.1, 0.15) is 0 Å². The summed E-state index contributed by atoms with van der Waals surface area (Å²) in [5.74, 6) is -0.236. The van der Waals surface area contributed by atoms with Gasteiger partial charge in [-0.2, -0.15) is 13.2 Å². The Kier molecular flexibility index (Phi) is 3.65. The van der Waals surface area contributed by atoms with Gasteiger partial charge in [-0.1, -0.05) is 22.0 Å². The molecule has 0 aliphatic carbocycles. The van der Waals surface area contributed by atoms with Crippen LogP contribution < -0.4 is 5.32 Å². The Morgan fingerprint density at radius 2 is 2.00 bits per heavy atom. The van der Waals surface area contributed by atoms with Gasteiger partial charge in [-0.15, -0.1) is 0 Å². The minimum atomic E-state index is -4.51. The van der Waals surface area contributed by atoms with Crippen LogP contribution in [0.1, 0.15) is 5.56 Å². The van der Waals surface area contributed by atoms with Crippen molar-refractivity contribution in [2.24, 2.45) is 0 Å². The van der Waals surface area contributed by atoms with Crippen molar-refractivity contribution >= 4 is 31.5 Å². The van der Waals surface area contributed by atoms with E-state index in [0.717, 1.165) is 11.5 Å². The molecule has 0 spiro atoms. The molecule has 8 heteroatoms. The highest BCUT2D eigenvalue weighted by atomic mass is 79.9. The lowest BCUT2D eigenvalue weighted by atomic mass is 10.1. The van der Waals surface area contributed by atoms with Crippen LogP contribution in [0, 0.1) is 0 Å². The predicted octanol–water partition coefficient (Wildman–Crippen LogP) is 3.19. The summed E-state index contributed by atoms with van der Waals surface area (Å²) in [7, 11) is -3.31. The van der Waals surface area contributed by atoms with Crippen LogP contribution in [0.2, 0.25) is 0 Å². The third-order valence-electron chi connectivity index (χ3n) is 2.56. The highest BCUT2D eigenvalue weighted by Gasteiger charge is 2.34. The predicted molar refractivity (Wildman–Crippen MR) is 69.5 cm³/mol. The second-order valence-corrected chi connectivity index (χ2v) is 6.94. The summed E-state index contributed by atoms with van der Waals surface area (Å²) in [4.78, 5) is 0. The van der Waals surface area contributed by atoms with Crippen molar-refractivity contribution in [3.8, 4) is 0 Å². The molecule has 0 radical (unpaired) electrons. The number of nitrogens with one attached hydrogen (secondary N) is 1. The van der Waals surface area contributed by atoms with Gasteiger partial charge in [0, 0.05) is 15.6 Å². The van der Waals surface area contributed by atoms with Gasteiger partial charge in [-0.25, -0.2) is 8.42 Å². The summed E-state index contributed by atoms with van der Waals surface area (Å²) in [6, 6.07) is 3.04. The first kappa shape index (κ1) is 14.4. The van der Waals surface area contributed by atoms with Crippen LogP contribution in [-0.2, 0) is 16.0 Å². The van der Waals surface area contributed by atoms with E-state index in [-0.39, 0.29) is 11.4 Å². The Morgan fingerprint density at radius 3 is 2.53 bits per heavy atom. The number of hydrogen-bond donors (Lipinski definition) is 1. The van der Waals surface area contributed by atoms with E-state index < -0.39 is 27.6 Å². The first-order valence-corrected chi connectivity index (χ1v) is 7.72. The third kappa shape index (κ3) is 3.50. The van der Waals surface area contributed by atoms with Crippen molar-refractivity contribution < 1.29 is 21.6 Å². The number of halogens is 4. The zero-order valence-electron chi connectivity index (χ0n) is 9.41. The van der Waals surface area contributed by atoms with E-state index in [1.165, 1.54) is 18.2 Å². The van der Waals surface area contributed by atoms with Gasteiger partial charge in [0.15, 0.2) is 9.84 Å². The molecule has 1 unspecified atom stereocenters. The summed E-state index contributed by atoms with van der Waals surface area (Å²) >= 11 is 2.98. The Morgan fingerprint density at radius 1 is 1.32 bits per heavy atom. The van der Waals surface area contributed by atoms with Gasteiger partial charge in [-0.05, 0) is 18.2 Å². The summed E-state index contributed by atoms with van der Waals surface area (Å²) in [6.45, 7) is 0. The van der Waals surface area contributed by atoms with E-state index in [2.05, 4.69) is 21.2 Å². The molecule has 1 N–H and O–H groups in total. The zero-order valence-corrected chi connectivity index (χ0v) is 11.8. The summed E-state index contributed by atoms with van der Waals surface area (Å²) in [6.07, 6.45) is -3.16. The van der Waals surface area contributed by atoms with E-state index >= 15 is 0 Å². The molecule has 1 aliphatic heterocycles. The molecule has 3 nitrogen and oxygen atoms in total. The van der Waals surface area contributed by atoms with Gasteiger partial charge in [0.2, 0.25) is 0 Å². The fourth-order valence-corrected chi connectivity index (χ4v) is 3.34. The molecule has 0 saturated carbocycles. The summed E-state index contributed by atoms with van der Waals surface area (Å²) < 4.78 is 61.3. The maximum atomic E-state index is 12.9. The molecule has 1 atom stereocenters. The van der Waals surface area contributed by atoms with Gasteiger partial charge in [0.05, 0.1) is 17.4 Å². The topological polar surface area (TPSA) is 46.2 Å². The largest absolute Gasteiger partial charge is 0.418 e. The quantitative estimate of drug-likeness (QED) is 0.885. The van der Waals surface area contributed by atoms with Gasteiger partial charge in [0.25, 0.3) is 0 Å². The molecule has 2 rings (SSSR count). The van der Waals surface area contributed by atoms with Crippen LogP contribution in [-0.4, -0.2) is 20.2 Å². The highest BCUT2D eigenvalue weighted by molar-refractivity contribution is 9.10. The van der Waals surface area contributed by atoms with Crippen molar-refractivity contribution in [2.45, 2.75) is 12.2 Å². The SMILES string of the molecule is O=S1(=O)C=CC(Nc2ccc(Br)cc2C(F)(F)F)C1. The molecule has 1 heterocycles. The molecule has 0 aromatic heterocycles. The van der Waals surface area contributed by atoms with Crippen LogP contribution in [0.15, 0.2) is 34.2 Å².